The SMILES string of the molecule is CN=C(NCc1cn2ccccc2n1)NCc1ccnn1C. The Bertz CT molecular complexity index is 751. The minimum absolute atomic E-state index is 0.618. The van der Waals surface area contributed by atoms with Crippen LogP contribution in [0.25, 0.3) is 5.65 Å². The number of hydrogen-bond donors (Lipinski definition) is 2. The van der Waals surface area contributed by atoms with Crippen molar-refractivity contribution < 1.29 is 0 Å². The smallest absolute Gasteiger partial charge is 0.191 e. The first-order valence-electron chi connectivity index (χ1n) is 7.10. The van der Waals surface area contributed by atoms with Crippen LogP contribution in [0.2, 0.25) is 0 Å². The quantitative estimate of drug-likeness (QED) is 0.555. The molecule has 7 heteroatoms. The molecule has 3 aromatic rings. The van der Waals surface area contributed by atoms with Gasteiger partial charge in [-0.2, -0.15) is 5.10 Å². The molecule has 0 amide bonds. The summed E-state index contributed by atoms with van der Waals surface area (Å²) in [6.45, 7) is 1.29. The van der Waals surface area contributed by atoms with Gasteiger partial charge in [0.15, 0.2) is 5.96 Å². The maximum atomic E-state index is 4.55. The number of hydrogen-bond acceptors (Lipinski definition) is 3. The van der Waals surface area contributed by atoms with Crippen LogP contribution in [0.15, 0.2) is 47.8 Å². The van der Waals surface area contributed by atoms with Crippen LogP contribution < -0.4 is 10.6 Å². The highest BCUT2D eigenvalue weighted by Crippen LogP contribution is 2.04. The van der Waals surface area contributed by atoms with E-state index < -0.39 is 0 Å². The van der Waals surface area contributed by atoms with Crippen molar-refractivity contribution in [3.8, 4) is 0 Å². The molecule has 3 heterocycles. The molecule has 0 spiro atoms. The van der Waals surface area contributed by atoms with Gasteiger partial charge in [0.1, 0.15) is 5.65 Å². The maximum Gasteiger partial charge on any atom is 0.191 e. The van der Waals surface area contributed by atoms with Gasteiger partial charge < -0.3 is 15.0 Å². The van der Waals surface area contributed by atoms with Gasteiger partial charge in [-0.3, -0.25) is 9.67 Å². The van der Waals surface area contributed by atoms with Crippen LogP contribution in [0.5, 0.6) is 0 Å². The second-order valence-electron chi connectivity index (χ2n) is 4.92. The van der Waals surface area contributed by atoms with E-state index in [1.165, 1.54) is 0 Å². The lowest BCUT2D eigenvalue weighted by atomic mass is 10.4. The Balaban J connectivity index is 1.58. The van der Waals surface area contributed by atoms with E-state index >= 15 is 0 Å². The van der Waals surface area contributed by atoms with E-state index in [1.54, 1.807) is 13.2 Å². The van der Waals surface area contributed by atoms with E-state index in [0.717, 1.165) is 23.0 Å². The van der Waals surface area contributed by atoms with E-state index in [9.17, 15) is 0 Å². The predicted octanol–water partition coefficient (Wildman–Crippen LogP) is 0.933. The number of nitrogens with one attached hydrogen (secondary N) is 2. The lowest BCUT2D eigenvalue weighted by Crippen LogP contribution is -2.36. The Morgan fingerprint density at radius 3 is 2.82 bits per heavy atom. The fraction of sp³-hybridized carbons (Fsp3) is 0.267. The fourth-order valence-corrected chi connectivity index (χ4v) is 2.22. The van der Waals surface area contributed by atoms with Gasteiger partial charge in [0.25, 0.3) is 0 Å². The average Bonchev–Trinajstić information content (AvgIpc) is 3.13. The van der Waals surface area contributed by atoms with Gasteiger partial charge in [-0.1, -0.05) is 6.07 Å². The standard InChI is InChI=1S/C15H19N7/c1-16-15(18-10-13-6-7-19-21(13)2)17-9-12-11-22-8-4-3-5-14(22)20-12/h3-8,11H,9-10H2,1-2H3,(H2,16,17,18). The molecule has 0 saturated carbocycles. The number of rotatable bonds is 4. The van der Waals surface area contributed by atoms with Crippen molar-refractivity contribution in [3.05, 3.63) is 54.2 Å². The summed E-state index contributed by atoms with van der Waals surface area (Å²) in [5.74, 6) is 0.734. The molecule has 0 radical (unpaired) electrons. The Kier molecular flexibility index (Phi) is 4.04. The van der Waals surface area contributed by atoms with E-state index in [4.69, 9.17) is 0 Å². The second kappa shape index (κ2) is 6.30. The van der Waals surface area contributed by atoms with Crippen LogP contribution in [0.4, 0.5) is 0 Å². The van der Waals surface area contributed by atoms with Crippen molar-refractivity contribution in [1.82, 2.24) is 29.8 Å². The van der Waals surface area contributed by atoms with Crippen molar-refractivity contribution in [2.24, 2.45) is 12.0 Å². The molecule has 0 unspecified atom stereocenters. The Hall–Kier alpha value is -2.83. The summed E-state index contributed by atoms with van der Waals surface area (Å²) in [4.78, 5) is 8.76. The Morgan fingerprint density at radius 2 is 2.09 bits per heavy atom. The van der Waals surface area contributed by atoms with Crippen molar-refractivity contribution in [2.45, 2.75) is 13.1 Å². The minimum atomic E-state index is 0.618. The Labute approximate surface area is 128 Å². The van der Waals surface area contributed by atoms with Crippen LogP contribution >= 0.6 is 0 Å². The molecule has 7 nitrogen and oxygen atoms in total. The molecule has 0 aliphatic heterocycles. The molecule has 0 fully saturated rings. The molecule has 0 aromatic carbocycles. The van der Waals surface area contributed by atoms with Crippen LogP contribution in [-0.2, 0) is 20.1 Å². The lowest BCUT2D eigenvalue weighted by molar-refractivity contribution is 0.684. The van der Waals surface area contributed by atoms with Crippen LogP contribution in [0.1, 0.15) is 11.4 Å². The third kappa shape index (κ3) is 3.08. The van der Waals surface area contributed by atoms with Crippen molar-refractivity contribution in [3.63, 3.8) is 0 Å². The highest BCUT2D eigenvalue weighted by atomic mass is 15.3. The first-order valence-corrected chi connectivity index (χ1v) is 7.10. The first-order chi connectivity index (χ1) is 10.8. The minimum Gasteiger partial charge on any atom is -0.351 e. The number of imidazole rings is 1. The number of aromatic nitrogens is 4. The van der Waals surface area contributed by atoms with Crippen LogP contribution in [0.3, 0.4) is 0 Å². The molecule has 0 aliphatic carbocycles. The average molecular weight is 297 g/mol. The zero-order chi connectivity index (χ0) is 15.4. The maximum absolute atomic E-state index is 4.55. The molecular weight excluding hydrogens is 278 g/mol. The van der Waals surface area contributed by atoms with Crippen molar-refractivity contribution in [1.29, 1.82) is 0 Å². The van der Waals surface area contributed by atoms with Crippen LogP contribution in [0, 0.1) is 0 Å². The normalized spacial score (nSPS) is 11.8. The van der Waals surface area contributed by atoms with Gasteiger partial charge in [0.05, 0.1) is 24.5 Å². The van der Waals surface area contributed by atoms with Crippen LogP contribution in [-0.4, -0.2) is 32.2 Å². The fourth-order valence-electron chi connectivity index (χ4n) is 2.22. The van der Waals surface area contributed by atoms with E-state index in [-0.39, 0.29) is 0 Å². The molecular formula is C15H19N7. The zero-order valence-corrected chi connectivity index (χ0v) is 12.7. The molecule has 3 aromatic heterocycles. The van der Waals surface area contributed by atoms with E-state index in [1.807, 2.05) is 52.8 Å². The molecule has 0 bridgehead atoms. The van der Waals surface area contributed by atoms with Gasteiger partial charge in [-0.05, 0) is 18.2 Å². The second-order valence-corrected chi connectivity index (χ2v) is 4.92. The third-order valence-electron chi connectivity index (χ3n) is 3.43. The number of aliphatic imine (C=N–C) groups is 1. The van der Waals surface area contributed by atoms with E-state index in [2.05, 4.69) is 25.7 Å². The lowest BCUT2D eigenvalue weighted by Gasteiger charge is -2.10. The number of guanidine groups is 1. The summed E-state index contributed by atoms with van der Waals surface area (Å²) in [7, 11) is 3.67. The highest BCUT2D eigenvalue weighted by molar-refractivity contribution is 5.79. The summed E-state index contributed by atoms with van der Waals surface area (Å²) in [6.07, 6.45) is 5.78. The van der Waals surface area contributed by atoms with Gasteiger partial charge in [0.2, 0.25) is 0 Å². The molecule has 0 atom stereocenters. The van der Waals surface area contributed by atoms with Gasteiger partial charge >= 0.3 is 0 Å². The summed E-state index contributed by atoms with van der Waals surface area (Å²) < 4.78 is 3.84. The van der Waals surface area contributed by atoms with Crippen molar-refractivity contribution in [2.75, 3.05) is 7.05 Å². The number of nitrogens with zero attached hydrogens (tertiary/aromatic N) is 5. The predicted molar refractivity (Wildman–Crippen MR) is 85.4 cm³/mol. The molecule has 0 saturated heterocycles. The van der Waals surface area contributed by atoms with Gasteiger partial charge in [-0.15, -0.1) is 0 Å². The summed E-state index contributed by atoms with van der Waals surface area (Å²) in [5, 5.41) is 10.7. The zero-order valence-electron chi connectivity index (χ0n) is 12.7. The molecule has 2 N–H and O–H groups in total. The summed E-state index contributed by atoms with van der Waals surface area (Å²) in [6, 6.07) is 7.93. The molecule has 22 heavy (non-hydrogen) atoms. The largest absolute Gasteiger partial charge is 0.351 e. The molecule has 0 aliphatic rings. The number of fused-ring (bicyclic) bond motifs is 1. The summed E-state index contributed by atoms with van der Waals surface area (Å²) in [5.41, 5.74) is 3.00. The molecule has 114 valence electrons. The summed E-state index contributed by atoms with van der Waals surface area (Å²) >= 11 is 0. The highest BCUT2D eigenvalue weighted by Gasteiger charge is 2.04. The first kappa shape index (κ1) is 14.1. The number of pyridine rings is 1. The van der Waals surface area contributed by atoms with Gasteiger partial charge in [0, 0.05) is 32.7 Å². The van der Waals surface area contributed by atoms with Crippen molar-refractivity contribution >= 4 is 11.6 Å². The monoisotopic (exact) mass is 297 g/mol. The van der Waals surface area contributed by atoms with E-state index in [0.29, 0.717) is 13.1 Å². The Morgan fingerprint density at radius 1 is 1.23 bits per heavy atom. The number of aryl methyl sites for hydroxylation is 1. The van der Waals surface area contributed by atoms with Gasteiger partial charge in [-0.25, -0.2) is 4.98 Å². The third-order valence-corrected chi connectivity index (χ3v) is 3.43. The topological polar surface area (TPSA) is 71.5 Å². The molecule has 3 rings (SSSR count).